The Bertz CT molecular complexity index is 415. The molecule has 1 fully saturated rings. The molecule has 18 heavy (non-hydrogen) atoms. The van der Waals surface area contributed by atoms with E-state index in [0.717, 1.165) is 24.7 Å². The summed E-state index contributed by atoms with van der Waals surface area (Å²) < 4.78 is 1.21. The number of hydrogen-bond donors (Lipinski definition) is 1. The number of nitrogens with zero attached hydrogens (tertiary/aromatic N) is 1. The van der Waals surface area contributed by atoms with Crippen molar-refractivity contribution in [2.75, 3.05) is 23.7 Å². The summed E-state index contributed by atoms with van der Waals surface area (Å²) in [5, 5.41) is 0. The highest BCUT2D eigenvalue weighted by Gasteiger charge is 2.29. The van der Waals surface area contributed by atoms with Crippen LogP contribution in [0.5, 0.6) is 0 Å². The summed E-state index contributed by atoms with van der Waals surface area (Å²) in [5.41, 5.74) is 8.68. The lowest BCUT2D eigenvalue weighted by atomic mass is 9.75. The summed E-state index contributed by atoms with van der Waals surface area (Å²) in [7, 11) is 0. The molecule has 1 aromatic carbocycles. The summed E-state index contributed by atoms with van der Waals surface area (Å²) in [6, 6.07) is 6.36. The van der Waals surface area contributed by atoms with Crippen LogP contribution in [-0.4, -0.2) is 13.1 Å². The molecule has 0 saturated carbocycles. The predicted molar refractivity (Wildman–Crippen MR) is 88.0 cm³/mol. The minimum absolute atomic E-state index is 0.434. The molecule has 0 bridgehead atoms. The Morgan fingerprint density at radius 2 is 1.83 bits per heavy atom. The second kappa shape index (κ2) is 5.27. The summed E-state index contributed by atoms with van der Waals surface area (Å²) in [4.78, 5) is 2.44. The van der Waals surface area contributed by atoms with Crippen LogP contribution < -0.4 is 10.6 Å². The van der Waals surface area contributed by atoms with Gasteiger partial charge < -0.3 is 10.6 Å². The van der Waals surface area contributed by atoms with E-state index in [1.807, 2.05) is 0 Å². The van der Waals surface area contributed by atoms with Crippen LogP contribution in [0.2, 0.25) is 0 Å². The van der Waals surface area contributed by atoms with E-state index < -0.39 is 0 Å². The van der Waals surface area contributed by atoms with Gasteiger partial charge in [0, 0.05) is 16.7 Å². The topological polar surface area (TPSA) is 29.3 Å². The maximum atomic E-state index is 6.13. The lowest BCUT2D eigenvalue weighted by Crippen LogP contribution is -2.38. The number of rotatable bonds is 1. The van der Waals surface area contributed by atoms with Gasteiger partial charge in [0.25, 0.3) is 0 Å². The first-order valence-corrected chi connectivity index (χ1v) is 7.76. The first kappa shape index (κ1) is 14.0. The van der Waals surface area contributed by atoms with Crippen molar-refractivity contribution in [1.29, 1.82) is 0 Å². The normalized spacial score (nSPS) is 18.1. The molecule has 1 saturated heterocycles. The molecule has 0 radical (unpaired) electrons. The maximum Gasteiger partial charge on any atom is 0.0600 e. The fraction of sp³-hybridized carbons (Fsp3) is 0.600. The fourth-order valence-corrected chi connectivity index (χ4v) is 3.32. The standard InChI is InChI=1S/C15H23IN2/c1-15(2,3)11-6-8-18(9-7-11)14-5-4-12(16)10-13(14)17/h4-5,10-11H,6-9,17H2,1-3H3. The van der Waals surface area contributed by atoms with E-state index in [1.165, 1.54) is 22.1 Å². The van der Waals surface area contributed by atoms with Gasteiger partial charge in [-0.15, -0.1) is 0 Å². The van der Waals surface area contributed by atoms with E-state index >= 15 is 0 Å². The molecule has 1 aliphatic rings. The van der Waals surface area contributed by atoms with Crippen LogP contribution in [0.3, 0.4) is 0 Å². The zero-order chi connectivity index (χ0) is 13.3. The molecule has 0 aromatic heterocycles. The Hall–Kier alpha value is -0.450. The van der Waals surface area contributed by atoms with Gasteiger partial charge in [-0.2, -0.15) is 0 Å². The molecule has 1 aromatic rings. The van der Waals surface area contributed by atoms with Crippen molar-refractivity contribution in [3.05, 3.63) is 21.8 Å². The largest absolute Gasteiger partial charge is 0.397 e. The minimum atomic E-state index is 0.434. The Morgan fingerprint density at radius 3 is 2.33 bits per heavy atom. The van der Waals surface area contributed by atoms with Gasteiger partial charge in [-0.1, -0.05) is 20.8 Å². The Kier molecular flexibility index (Phi) is 4.09. The third-order valence-corrected chi connectivity index (χ3v) is 4.72. The van der Waals surface area contributed by atoms with E-state index in [1.54, 1.807) is 0 Å². The molecule has 3 heteroatoms. The van der Waals surface area contributed by atoms with Crippen LogP contribution in [0.1, 0.15) is 33.6 Å². The Balaban J connectivity index is 2.06. The van der Waals surface area contributed by atoms with Crippen molar-refractivity contribution >= 4 is 34.0 Å². The van der Waals surface area contributed by atoms with E-state index in [0.29, 0.717) is 5.41 Å². The van der Waals surface area contributed by atoms with Crippen molar-refractivity contribution < 1.29 is 0 Å². The van der Waals surface area contributed by atoms with Gasteiger partial charge in [0.2, 0.25) is 0 Å². The van der Waals surface area contributed by atoms with Crippen molar-refractivity contribution in [2.45, 2.75) is 33.6 Å². The van der Waals surface area contributed by atoms with Gasteiger partial charge in [-0.3, -0.25) is 0 Å². The summed E-state index contributed by atoms with van der Waals surface area (Å²) >= 11 is 2.31. The Labute approximate surface area is 124 Å². The molecule has 100 valence electrons. The number of anilines is 2. The zero-order valence-corrected chi connectivity index (χ0v) is 13.7. The number of nitrogen functional groups attached to an aromatic ring is 1. The van der Waals surface area contributed by atoms with E-state index in [4.69, 9.17) is 5.73 Å². The second-order valence-electron chi connectivity index (χ2n) is 6.33. The highest BCUT2D eigenvalue weighted by molar-refractivity contribution is 14.1. The van der Waals surface area contributed by atoms with Crippen LogP contribution in [0, 0.1) is 14.9 Å². The third-order valence-electron chi connectivity index (χ3n) is 4.05. The summed E-state index contributed by atoms with van der Waals surface area (Å²) in [5.74, 6) is 0.832. The number of hydrogen-bond acceptors (Lipinski definition) is 2. The molecular weight excluding hydrogens is 335 g/mol. The summed E-state index contributed by atoms with van der Waals surface area (Å²) in [6.45, 7) is 9.32. The minimum Gasteiger partial charge on any atom is -0.397 e. The highest BCUT2D eigenvalue weighted by atomic mass is 127. The smallest absolute Gasteiger partial charge is 0.0600 e. The molecular formula is C15H23IN2. The second-order valence-corrected chi connectivity index (χ2v) is 7.58. The van der Waals surface area contributed by atoms with Crippen LogP contribution in [0.4, 0.5) is 11.4 Å². The van der Waals surface area contributed by atoms with Crippen LogP contribution in [0.15, 0.2) is 18.2 Å². The van der Waals surface area contributed by atoms with Crippen molar-refractivity contribution in [1.82, 2.24) is 0 Å². The first-order valence-electron chi connectivity index (χ1n) is 6.68. The molecule has 0 aliphatic carbocycles. The Morgan fingerprint density at radius 1 is 1.22 bits per heavy atom. The molecule has 0 amide bonds. The van der Waals surface area contributed by atoms with Crippen molar-refractivity contribution in [3.8, 4) is 0 Å². The lowest BCUT2D eigenvalue weighted by molar-refractivity contribution is 0.199. The van der Waals surface area contributed by atoms with Crippen molar-refractivity contribution in [2.24, 2.45) is 11.3 Å². The molecule has 0 spiro atoms. The third kappa shape index (κ3) is 3.11. The SMILES string of the molecule is CC(C)(C)C1CCN(c2ccc(I)cc2N)CC1. The first-order chi connectivity index (χ1) is 8.38. The van der Waals surface area contributed by atoms with Crippen LogP contribution in [-0.2, 0) is 0 Å². The fourth-order valence-electron chi connectivity index (χ4n) is 2.80. The molecule has 2 rings (SSSR count). The van der Waals surface area contributed by atoms with Crippen LogP contribution >= 0.6 is 22.6 Å². The number of nitrogens with two attached hydrogens (primary N) is 1. The van der Waals surface area contributed by atoms with E-state index in [2.05, 4.69) is 66.5 Å². The molecule has 2 nitrogen and oxygen atoms in total. The van der Waals surface area contributed by atoms with Gasteiger partial charge in [0.05, 0.1) is 11.4 Å². The molecule has 0 unspecified atom stereocenters. The zero-order valence-electron chi connectivity index (χ0n) is 11.5. The average Bonchev–Trinajstić information content (AvgIpc) is 2.28. The molecule has 1 aliphatic heterocycles. The monoisotopic (exact) mass is 358 g/mol. The highest BCUT2D eigenvalue weighted by Crippen LogP contribution is 2.36. The number of piperidine rings is 1. The molecule has 0 atom stereocenters. The lowest BCUT2D eigenvalue weighted by Gasteiger charge is -2.40. The van der Waals surface area contributed by atoms with Gasteiger partial charge in [-0.25, -0.2) is 0 Å². The molecule has 1 heterocycles. The van der Waals surface area contributed by atoms with Crippen molar-refractivity contribution in [3.63, 3.8) is 0 Å². The number of halogens is 1. The number of benzene rings is 1. The van der Waals surface area contributed by atoms with Gasteiger partial charge in [-0.05, 0) is 65.0 Å². The van der Waals surface area contributed by atoms with E-state index in [-0.39, 0.29) is 0 Å². The van der Waals surface area contributed by atoms with Gasteiger partial charge >= 0.3 is 0 Å². The summed E-state index contributed by atoms with van der Waals surface area (Å²) in [6.07, 6.45) is 2.55. The van der Waals surface area contributed by atoms with Gasteiger partial charge in [0.15, 0.2) is 0 Å². The predicted octanol–water partition coefficient (Wildman–Crippen LogP) is 4.14. The van der Waals surface area contributed by atoms with Gasteiger partial charge in [0.1, 0.15) is 0 Å². The van der Waals surface area contributed by atoms with Crippen LogP contribution in [0.25, 0.3) is 0 Å². The quantitative estimate of drug-likeness (QED) is 0.604. The average molecular weight is 358 g/mol. The maximum absolute atomic E-state index is 6.13. The van der Waals surface area contributed by atoms with E-state index in [9.17, 15) is 0 Å². The molecule has 2 N–H and O–H groups in total.